The van der Waals surface area contributed by atoms with Crippen LogP contribution in [0.3, 0.4) is 0 Å². The van der Waals surface area contributed by atoms with Crippen LogP contribution in [0.15, 0.2) is 12.1 Å². The van der Waals surface area contributed by atoms with E-state index in [1.54, 1.807) is 11.3 Å². The molecule has 1 N–H and O–H groups in total. The largest absolute Gasteiger partial charge is 0.352 e. The van der Waals surface area contributed by atoms with Gasteiger partial charge in [-0.3, -0.25) is 14.5 Å². The van der Waals surface area contributed by atoms with E-state index >= 15 is 0 Å². The van der Waals surface area contributed by atoms with Crippen molar-refractivity contribution in [3.05, 3.63) is 21.9 Å². The highest BCUT2D eigenvalue weighted by Crippen LogP contribution is 2.20. The van der Waals surface area contributed by atoms with Gasteiger partial charge in [-0.2, -0.15) is 0 Å². The van der Waals surface area contributed by atoms with Crippen LogP contribution in [0.5, 0.6) is 0 Å². The third-order valence-corrected chi connectivity index (χ3v) is 6.17. The van der Waals surface area contributed by atoms with E-state index in [2.05, 4.69) is 10.2 Å². The molecule has 1 unspecified atom stereocenters. The molecule has 1 aliphatic heterocycles. The van der Waals surface area contributed by atoms with Gasteiger partial charge < -0.3 is 10.2 Å². The summed E-state index contributed by atoms with van der Waals surface area (Å²) in [5.74, 6) is 0.256. The van der Waals surface area contributed by atoms with Gasteiger partial charge in [0.05, 0.1) is 10.9 Å². The average Bonchev–Trinajstić information content (AvgIpc) is 3.25. The van der Waals surface area contributed by atoms with E-state index in [1.807, 2.05) is 30.9 Å². The molecule has 132 valence electrons. The van der Waals surface area contributed by atoms with Crippen LogP contribution >= 0.6 is 11.3 Å². The van der Waals surface area contributed by atoms with E-state index in [9.17, 15) is 9.59 Å². The van der Waals surface area contributed by atoms with Gasteiger partial charge in [0.1, 0.15) is 0 Å². The summed E-state index contributed by atoms with van der Waals surface area (Å²) in [7, 11) is 0. The first-order valence-electron chi connectivity index (χ1n) is 8.95. The highest BCUT2D eigenvalue weighted by atomic mass is 32.1. The molecule has 5 nitrogen and oxygen atoms in total. The number of carbonyl (C=O) groups excluding carboxylic acids is 2. The Morgan fingerprint density at radius 2 is 1.83 bits per heavy atom. The van der Waals surface area contributed by atoms with Crippen molar-refractivity contribution < 1.29 is 9.59 Å². The van der Waals surface area contributed by atoms with E-state index < -0.39 is 0 Å². The molecular formula is C18H27N3O2S. The zero-order valence-electron chi connectivity index (χ0n) is 14.6. The molecule has 24 heavy (non-hydrogen) atoms. The maximum absolute atomic E-state index is 12.5. The normalized spacial score (nSPS) is 21.0. The Labute approximate surface area is 148 Å². The third kappa shape index (κ3) is 3.98. The fourth-order valence-electron chi connectivity index (χ4n) is 3.58. The molecule has 1 aromatic heterocycles. The summed E-state index contributed by atoms with van der Waals surface area (Å²) in [5, 5.41) is 3.18. The minimum absolute atomic E-state index is 0.119. The van der Waals surface area contributed by atoms with E-state index in [1.165, 1.54) is 12.8 Å². The lowest BCUT2D eigenvalue weighted by atomic mass is 10.2. The van der Waals surface area contributed by atoms with Gasteiger partial charge in [-0.15, -0.1) is 11.3 Å². The van der Waals surface area contributed by atoms with Crippen LogP contribution in [-0.4, -0.2) is 59.9 Å². The summed E-state index contributed by atoms with van der Waals surface area (Å²) >= 11 is 1.55. The quantitative estimate of drug-likeness (QED) is 0.907. The van der Waals surface area contributed by atoms with Gasteiger partial charge in [-0.25, -0.2) is 0 Å². The van der Waals surface area contributed by atoms with E-state index in [4.69, 9.17) is 0 Å². The van der Waals surface area contributed by atoms with Crippen molar-refractivity contribution in [2.75, 3.05) is 26.2 Å². The second-order valence-corrected chi connectivity index (χ2v) is 8.19. The van der Waals surface area contributed by atoms with Crippen molar-refractivity contribution in [2.24, 2.45) is 0 Å². The summed E-state index contributed by atoms with van der Waals surface area (Å²) in [6.07, 6.45) is 4.67. The second-order valence-electron chi connectivity index (χ2n) is 6.90. The molecule has 1 atom stereocenters. The zero-order chi connectivity index (χ0) is 17.1. The lowest BCUT2D eigenvalue weighted by Crippen LogP contribution is -2.55. The molecule has 1 saturated heterocycles. The predicted molar refractivity (Wildman–Crippen MR) is 96.4 cm³/mol. The van der Waals surface area contributed by atoms with Crippen LogP contribution in [0.1, 0.15) is 47.2 Å². The highest BCUT2D eigenvalue weighted by molar-refractivity contribution is 7.13. The fraction of sp³-hybridized carbons (Fsp3) is 0.667. The lowest BCUT2D eigenvalue weighted by molar-refractivity contribution is -0.127. The number of carbonyl (C=O) groups is 2. The number of nitrogens with zero attached hydrogens (tertiary/aromatic N) is 2. The smallest absolute Gasteiger partial charge is 0.264 e. The van der Waals surface area contributed by atoms with Gasteiger partial charge in [0.25, 0.3) is 5.91 Å². The Hall–Kier alpha value is -1.40. The Morgan fingerprint density at radius 3 is 2.42 bits per heavy atom. The van der Waals surface area contributed by atoms with Gasteiger partial charge in [-0.05, 0) is 38.8 Å². The Morgan fingerprint density at radius 1 is 1.17 bits per heavy atom. The van der Waals surface area contributed by atoms with Crippen LogP contribution in [0.4, 0.5) is 0 Å². The number of hydrogen-bond acceptors (Lipinski definition) is 4. The molecule has 2 heterocycles. The number of nitrogens with one attached hydrogen (secondary N) is 1. The number of rotatable bonds is 4. The summed E-state index contributed by atoms with van der Waals surface area (Å²) in [4.78, 5) is 31.0. The lowest BCUT2D eigenvalue weighted by Gasteiger charge is -2.37. The molecule has 0 bridgehead atoms. The van der Waals surface area contributed by atoms with Crippen LogP contribution in [0.2, 0.25) is 0 Å². The molecule has 2 fully saturated rings. The van der Waals surface area contributed by atoms with Crippen molar-refractivity contribution in [2.45, 2.75) is 51.6 Å². The monoisotopic (exact) mass is 349 g/mol. The van der Waals surface area contributed by atoms with Crippen molar-refractivity contribution in [1.82, 2.24) is 15.1 Å². The van der Waals surface area contributed by atoms with Crippen LogP contribution < -0.4 is 5.32 Å². The molecule has 0 aromatic carbocycles. The SMILES string of the molecule is Cc1ccc(C(=O)N2CCN(C(C)C(=O)NC3CCCC3)CC2)s1. The molecule has 6 heteroatoms. The minimum Gasteiger partial charge on any atom is -0.352 e. The molecule has 1 aromatic rings. The molecule has 2 amide bonds. The van der Waals surface area contributed by atoms with Gasteiger partial charge in [0, 0.05) is 37.1 Å². The number of piperazine rings is 1. The summed E-state index contributed by atoms with van der Waals surface area (Å²) in [5.41, 5.74) is 0. The van der Waals surface area contributed by atoms with E-state index in [0.29, 0.717) is 19.1 Å². The Balaban J connectivity index is 1.48. The number of amides is 2. The highest BCUT2D eigenvalue weighted by Gasteiger charge is 2.29. The number of aryl methyl sites for hydroxylation is 1. The van der Waals surface area contributed by atoms with Crippen molar-refractivity contribution in [3.8, 4) is 0 Å². The molecular weight excluding hydrogens is 322 g/mol. The Bertz CT molecular complexity index is 587. The standard InChI is InChI=1S/C18H27N3O2S/c1-13-7-8-16(24-13)18(23)21-11-9-20(10-12-21)14(2)17(22)19-15-5-3-4-6-15/h7-8,14-15H,3-6,9-12H2,1-2H3,(H,19,22). The summed E-state index contributed by atoms with van der Waals surface area (Å²) in [6, 6.07) is 4.15. The molecule has 2 aliphatic rings. The Kier molecular flexibility index (Phi) is 5.56. The minimum atomic E-state index is -0.119. The molecule has 0 radical (unpaired) electrons. The average molecular weight is 350 g/mol. The van der Waals surface area contributed by atoms with Crippen molar-refractivity contribution >= 4 is 23.2 Å². The van der Waals surface area contributed by atoms with Crippen molar-refractivity contribution in [3.63, 3.8) is 0 Å². The topological polar surface area (TPSA) is 52.7 Å². The molecule has 0 spiro atoms. The first-order valence-corrected chi connectivity index (χ1v) is 9.76. The summed E-state index contributed by atoms with van der Waals surface area (Å²) in [6.45, 7) is 6.90. The summed E-state index contributed by atoms with van der Waals surface area (Å²) < 4.78 is 0. The number of thiophene rings is 1. The van der Waals surface area contributed by atoms with Crippen molar-refractivity contribution in [1.29, 1.82) is 0 Å². The first kappa shape index (κ1) is 17.4. The predicted octanol–water partition coefficient (Wildman–Crippen LogP) is 2.26. The van der Waals surface area contributed by atoms with Gasteiger partial charge in [-0.1, -0.05) is 12.8 Å². The van der Waals surface area contributed by atoms with Gasteiger partial charge in [0.15, 0.2) is 0 Å². The van der Waals surface area contributed by atoms with Crippen LogP contribution in [-0.2, 0) is 4.79 Å². The fourth-order valence-corrected chi connectivity index (χ4v) is 4.41. The first-order chi connectivity index (χ1) is 11.5. The van der Waals surface area contributed by atoms with Gasteiger partial charge in [0.2, 0.25) is 5.91 Å². The van der Waals surface area contributed by atoms with E-state index in [-0.39, 0.29) is 17.9 Å². The molecule has 1 aliphatic carbocycles. The maximum Gasteiger partial charge on any atom is 0.264 e. The third-order valence-electron chi connectivity index (χ3n) is 5.18. The van der Waals surface area contributed by atoms with Gasteiger partial charge >= 0.3 is 0 Å². The number of hydrogen-bond donors (Lipinski definition) is 1. The molecule has 1 saturated carbocycles. The second kappa shape index (κ2) is 7.66. The zero-order valence-corrected chi connectivity index (χ0v) is 15.4. The van der Waals surface area contributed by atoms with Crippen LogP contribution in [0.25, 0.3) is 0 Å². The molecule has 3 rings (SSSR count). The van der Waals surface area contributed by atoms with Crippen LogP contribution in [0, 0.1) is 6.92 Å². The maximum atomic E-state index is 12.5. The van der Waals surface area contributed by atoms with E-state index in [0.717, 1.165) is 35.7 Å².